The second-order valence-electron chi connectivity index (χ2n) is 7.98. The first-order valence-corrected chi connectivity index (χ1v) is 11.2. The van der Waals surface area contributed by atoms with Crippen LogP contribution in [0.3, 0.4) is 0 Å². The van der Waals surface area contributed by atoms with Crippen LogP contribution in [-0.4, -0.2) is 27.7 Å². The molecule has 0 amide bonds. The molecule has 4 rings (SSSR count). The molecule has 2 aromatic carbocycles. The fourth-order valence-electron chi connectivity index (χ4n) is 4.04. The number of nitrogens with one attached hydrogen (secondary N) is 1. The van der Waals surface area contributed by atoms with Gasteiger partial charge in [-0.05, 0) is 72.7 Å². The van der Waals surface area contributed by atoms with E-state index in [4.69, 9.17) is 16.3 Å². The molecule has 0 spiro atoms. The third kappa shape index (κ3) is 5.70. The quantitative estimate of drug-likeness (QED) is 0.325. The van der Waals surface area contributed by atoms with Gasteiger partial charge in [0.25, 0.3) is 0 Å². The third-order valence-electron chi connectivity index (χ3n) is 5.76. The largest absolute Gasteiger partial charge is 0.478 e. The summed E-state index contributed by atoms with van der Waals surface area (Å²) in [5.41, 5.74) is 4.10. The number of anilines is 1. The number of pyridine rings is 1. The molecule has 0 bridgehead atoms. The molecule has 1 atom stereocenters. The summed E-state index contributed by atoms with van der Waals surface area (Å²) >= 11 is 6.07. The minimum atomic E-state index is -1.14. The Bertz CT molecular complexity index is 1200. The van der Waals surface area contributed by atoms with Crippen LogP contribution in [0.1, 0.15) is 41.2 Å². The van der Waals surface area contributed by atoms with Crippen molar-refractivity contribution in [1.82, 2.24) is 4.98 Å². The molecular weight excluding hydrogens is 475 g/mol. The smallest absolute Gasteiger partial charge is 0.335 e. The van der Waals surface area contributed by atoms with Crippen LogP contribution in [0.25, 0.3) is 5.57 Å². The van der Waals surface area contributed by atoms with E-state index >= 15 is 0 Å². The van der Waals surface area contributed by atoms with E-state index in [9.17, 15) is 15.0 Å². The summed E-state index contributed by atoms with van der Waals surface area (Å²) in [7, 11) is 0. The van der Waals surface area contributed by atoms with Gasteiger partial charge in [0.2, 0.25) is 5.88 Å². The molecule has 0 saturated carbocycles. The van der Waals surface area contributed by atoms with Crippen LogP contribution in [0.15, 0.2) is 61.3 Å². The van der Waals surface area contributed by atoms with Crippen molar-refractivity contribution in [1.29, 1.82) is 0 Å². The summed E-state index contributed by atoms with van der Waals surface area (Å²) in [4.78, 5) is 15.7. The average molecular weight is 501 g/mol. The maximum atomic E-state index is 11.5. The fourth-order valence-corrected chi connectivity index (χ4v) is 4.24. The van der Waals surface area contributed by atoms with Crippen LogP contribution in [0.2, 0.25) is 5.02 Å². The Balaban J connectivity index is 0.00000324. The highest BCUT2D eigenvalue weighted by Crippen LogP contribution is 2.39. The van der Waals surface area contributed by atoms with Crippen molar-refractivity contribution in [3.05, 3.63) is 88.6 Å². The molecule has 0 radical (unpaired) electrons. The van der Waals surface area contributed by atoms with E-state index in [1.54, 1.807) is 36.5 Å². The lowest BCUT2D eigenvalue weighted by molar-refractivity contribution is -0.130. The molecule has 6 nitrogen and oxygen atoms in total. The maximum absolute atomic E-state index is 11.5. The number of aliphatic carboxylic acids is 1. The number of aromatic nitrogens is 1. The Morgan fingerprint density at radius 2 is 1.97 bits per heavy atom. The van der Waals surface area contributed by atoms with Crippen LogP contribution >= 0.6 is 24.0 Å². The zero-order valence-corrected chi connectivity index (χ0v) is 20.0. The first-order chi connectivity index (χ1) is 15.9. The topological polar surface area (TPSA) is 91.7 Å². The number of hydrogen-bond donors (Lipinski definition) is 3. The molecule has 1 heterocycles. The van der Waals surface area contributed by atoms with Crippen molar-refractivity contribution < 1.29 is 19.7 Å². The van der Waals surface area contributed by atoms with E-state index in [1.165, 1.54) is 5.56 Å². The monoisotopic (exact) mass is 500 g/mol. The van der Waals surface area contributed by atoms with Crippen molar-refractivity contribution in [2.45, 2.75) is 31.8 Å². The Labute approximate surface area is 209 Å². The Hall–Kier alpha value is -3.06. The van der Waals surface area contributed by atoms with E-state index in [0.29, 0.717) is 21.9 Å². The first kappa shape index (κ1) is 25.6. The number of halogens is 2. The molecule has 1 aliphatic carbocycles. The van der Waals surface area contributed by atoms with Gasteiger partial charge < -0.3 is 20.3 Å². The van der Waals surface area contributed by atoms with Crippen LogP contribution < -0.4 is 10.1 Å². The maximum Gasteiger partial charge on any atom is 0.335 e. The molecule has 178 valence electrons. The molecule has 1 aromatic heterocycles. The SMILES string of the molecule is C=C(C(=O)O)c1cccnc1Oc1ccc2c(c1NC[C@H](O)c1cccc(Cl)c1)CCCC2.Cl. The third-order valence-corrected chi connectivity index (χ3v) is 6.00. The van der Waals surface area contributed by atoms with Gasteiger partial charge >= 0.3 is 5.97 Å². The van der Waals surface area contributed by atoms with Crippen LogP contribution in [0.4, 0.5) is 5.69 Å². The molecule has 34 heavy (non-hydrogen) atoms. The van der Waals surface area contributed by atoms with E-state index in [1.807, 2.05) is 18.2 Å². The molecule has 0 fully saturated rings. The minimum absolute atomic E-state index is 0. The summed E-state index contributed by atoms with van der Waals surface area (Å²) in [5.74, 6) is -0.451. The number of aryl methyl sites for hydroxylation is 1. The van der Waals surface area contributed by atoms with Crippen LogP contribution in [-0.2, 0) is 17.6 Å². The number of ether oxygens (including phenoxy) is 1. The number of rotatable bonds is 8. The number of aliphatic hydroxyl groups is 1. The minimum Gasteiger partial charge on any atom is -0.478 e. The molecule has 3 N–H and O–H groups in total. The summed E-state index contributed by atoms with van der Waals surface area (Å²) in [5, 5.41) is 24.0. The number of carboxylic acids is 1. The lowest BCUT2D eigenvalue weighted by Gasteiger charge is -2.24. The van der Waals surface area contributed by atoms with Crippen molar-refractivity contribution in [3.8, 4) is 11.6 Å². The van der Waals surface area contributed by atoms with Crippen molar-refractivity contribution >= 4 is 41.2 Å². The van der Waals surface area contributed by atoms with Gasteiger partial charge in [0.05, 0.1) is 22.9 Å². The van der Waals surface area contributed by atoms with E-state index < -0.39 is 12.1 Å². The highest BCUT2D eigenvalue weighted by atomic mass is 35.5. The van der Waals surface area contributed by atoms with Gasteiger partial charge in [-0.2, -0.15) is 0 Å². The number of benzene rings is 2. The first-order valence-electron chi connectivity index (χ1n) is 10.8. The zero-order chi connectivity index (χ0) is 23.4. The molecular formula is C26H26Cl2N2O4. The fraction of sp³-hybridized carbons (Fsp3) is 0.231. The highest BCUT2D eigenvalue weighted by molar-refractivity contribution is 6.30. The normalized spacial score (nSPS) is 13.2. The average Bonchev–Trinajstić information content (AvgIpc) is 2.83. The van der Waals surface area contributed by atoms with Gasteiger partial charge in [-0.1, -0.05) is 36.4 Å². The molecule has 0 unspecified atom stereocenters. The van der Waals surface area contributed by atoms with Gasteiger partial charge in [0.15, 0.2) is 5.75 Å². The van der Waals surface area contributed by atoms with E-state index in [2.05, 4.69) is 16.9 Å². The summed E-state index contributed by atoms with van der Waals surface area (Å²) in [6, 6.07) is 14.3. The van der Waals surface area contributed by atoms with Crippen molar-refractivity contribution in [2.24, 2.45) is 0 Å². The summed E-state index contributed by atoms with van der Waals surface area (Å²) in [6.45, 7) is 3.89. The second-order valence-corrected chi connectivity index (χ2v) is 8.41. The summed E-state index contributed by atoms with van der Waals surface area (Å²) in [6.07, 6.45) is 4.83. The Kier molecular flexibility index (Phi) is 8.56. The molecule has 0 aliphatic heterocycles. The number of nitrogens with zero attached hydrogens (tertiary/aromatic N) is 1. The van der Waals surface area contributed by atoms with Crippen molar-refractivity contribution in [3.63, 3.8) is 0 Å². The Morgan fingerprint density at radius 3 is 2.74 bits per heavy atom. The lowest BCUT2D eigenvalue weighted by Crippen LogP contribution is -2.16. The molecule has 3 aromatic rings. The predicted molar refractivity (Wildman–Crippen MR) is 136 cm³/mol. The molecule has 1 aliphatic rings. The van der Waals surface area contributed by atoms with E-state index in [-0.39, 0.29) is 30.4 Å². The number of carbonyl (C=O) groups is 1. The van der Waals surface area contributed by atoms with Crippen LogP contribution in [0, 0.1) is 0 Å². The lowest BCUT2D eigenvalue weighted by atomic mass is 9.90. The number of aliphatic hydroxyl groups excluding tert-OH is 1. The number of carboxylic acid groups (broad SMARTS) is 1. The second kappa shape index (κ2) is 11.4. The van der Waals surface area contributed by atoms with Crippen molar-refractivity contribution in [2.75, 3.05) is 11.9 Å². The predicted octanol–water partition coefficient (Wildman–Crippen LogP) is 6.07. The molecule has 8 heteroatoms. The molecule has 0 saturated heterocycles. The van der Waals surface area contributed by atoms with Gasteiger partial charge in [0, 0.05) is 17.8 Å². The van der Waals surface area contributed by atoms with Crippen LogP contribution in [0.5, 0.6) is 11.6 Å². The van der Waals surface area contributed by atoms with Gasteiger partial charge in [-0.3, -0.25) is 0 Å². The van der Waals surface area contributed by atoms with Gasteiger partial charge in [-0.25, -0.2) is 9.78 Å². The highest BCUT2D eigenvalue weighted by Gasteiger charge is 2.21. The summed E-state index contributed by atoms with van der Waals surface area (Å²) < 4.78 is 6.13. The van der Waals surface area contributed by atoms with Gasteiger partial charge in [-0.15, -0.1) is 12.4 Å². The number of hydrogen-bond acceptors (Lipinski definition) is 5. The number of fused-ring (bicyclic) bond motifs is 1. The zero-order valence-electron chi connectivity index (χ0n) is 18.5. The van der Waals surface area contributed by atoms with E-state index in [0.717, 1.165) is 36.9 Å². The standard InChI is InChI=1S/C26H25ClN2O4.ClH/c1-16(26(31)32)20-10-5-13-28-25(20)33-23-12-11-17-6-2-3-9-21(17)24(23)29-15-22(30)18-7-4-8-19(27)14-18;/h4-5,7-8,10-14,22,29-30H,1-3,6,9,15H2,(H,31,32);1H/t22-;/m0./s1. The van der Waals surface area contributed by atoms with Gasteiger partial charge in [0.1, 0.15) is 0 Å². The Morgan fingerprint density at radius 1 is 1.18 bits per heavy atom.